The number of carbonyl (C=O) groups is 1. The quantitative estimate of drug-likeness (QED) is 0.890. The standard InChI is InChI=1S/C15H23N5O/c16-15(4-1-2-5-15)12-13(21)19-8-10-20(11-9-19)14-17-6-3-7-18-14/h3,6-7H,1-2,4-5,8-12,16H2. The van der Waals surface area contributed by atoms with Crippen molar-refractivity contribution in [1.29, 1.82) is 0 Å². The Kier molecular flexibility index (Phi) is 4.05. The van der Waals surface area contributed by atoms with Crippen molar-refractivity contribution in [2.75, 3.05) is 31.1 Å². The van der Waals surface area contributed by atoms with Crippen LogP contribution >= 0.6 is 0 Å². The van der Waals surface area contributed by atoms with Gasteiger partial charge in [-0.05, 0) is 18.9 Å². The highest BCUT2D eigenvalue weighted by atomic mass is 16.2. The van der Waals surface area contributed by atoms with E-state index in [0.717, 1.165) is 57.8 Å². The summed E-state index contributed by atoms with van der Waals surface area (Å²) in [6.07, 6.45) is 8.27. The number of nitrogens with two attached hydrogens (primary N) is 1. The Morgan fingerprint density at radius 1 is 1.14 bits per heavy atom. The van der Waals surface area contributed by atoms with Crippen LogP contribution in [0.5, 0.6) is 0 Å². The molecule has 0 atom stereocenters. The van der Waals surface area contributed by atoms with Crippen LogP contribution in [-0.2, 0) is 4.79 Å². The van der Waals surface area contributed by atoms with Gasteiger partial charge in [0.25, 0.3) is 0 Å². The van der Waals surface area contributed by atoms with Gasteiger partial charge >= 0.3 is 0 Å². The molecular formula is C15H23N5O. The second kappa shape index (κ2) is 5.97. The predicted molar refractivity (Wildman–Crippen MR) is 80.8 cm³/mol. The first kappa shape index (κ1) is 14.3. The van der Waals surface area contributed by atoms with E-state index in [2.05, 4.69) is 14.9 Å². The average molecular weight is 289 g/mol. The van der Waals surface area contributed by atoms with E-state index in [1.807, 2.05) is 11.0 Å². The van der Waals surface area contributed by atoms with Gasteiger partial charge in [-0.15, -0.1) is 0 Å². The number of aromatic nitrogens is 2. The molecule has 0 radical (unpaired) electrons. The summed E-state index contributed by atoms with van der Waals surface area (Å²) in [5.74, 6) is 0.948. The maximum atomic E-state index is 12.4. The molecule has 0 bridgehead atoms. The van der Waals surface area contributed by atoms with Crippen LogP contribution in [-0.4, -0.2) is 52.5 Å². The summed E-state index contributed by atoms with van der Waals surface area (Å²) in [7, 11) is 0. The fourth-order valence-electron chi connectivity index (χ4n) is 3.28. The normalized spacial score (nSPS) is 21.6. The fraction of sp³-hybridized carbons (Fsp3) is 0.667. The van der Waals surface area contributed by atoms with Crippen LogP contribution in [0.2, 0.25) is 0 Å². The molecule has 1 saturated heterocycles. The van der Waals surface area contributed by atoms with Crippen molar-refractivity contribution in [1.82, 2.24) is 14.9 Å². The summed E-state index contributed by atoms with van der Waals surface area (Å²) in [6, 6.07) is 1.81. The van der Waals surface area contributed by atoms with Crippen LogP contribution in [0.4, 0.5) is 5.95 Å². The van der Waals surface area contributed by atoms with Crippen LogP contribution in [0.1, 0.15) is 32.1 Å². The first-order chi connectivity index (χ1) is 10.2. The molecule has 2 aliphatic rings. The van der Waals surface area contributed by atoms with Gasteiger partial charge in [-0.25, -0.2) is 9.97 Å². The number of rotatable bonds is 3. The fourth-order valence-corrected chi connectivity index (χ4v) is 3.28. The molecular weight excluding hydrogens is 266 g/mol. The lowest BCUT2D eigenvalue weighted by atomic mass is 9.94. The SMILES string of the molecule is NC1(CC(=O)N2CCN(c3ncccn3)CC2)CCCC1. The highest BCUT2D eigenvalue weighted by molar-refractivity contribution is 5.77. The lowest BCUT2D eigenvalue weighted by Gasteiger charge is -2.36. The average Bonchev–Trinajstić information content (AvgIpc) is 2.94. The number of amides is 1. The summed E-state index contributed by atoms with van der Waals surface area (Å²) < 4.78 is 0. The Morgan fingerprint density at radius 2 is 1.76 bits per heavy atom. The van der Waals surface area contributed by atoms with E-state index in [0.29, 0.717) is 6.42 Å². The van der Waals surface area contributed by atoms with Crippen LogP contribution in [0.25, 0.3) is 0 Å². The highest BCUT2D eigenvalue weighted by Gasteiger charge is 2.34. The molecule has 2 fully saturated rings. The van der Waals surface area contributed by atoms with Gasteiger partial charge in [0.2, 0.25) is 11.9 Å². The van der Waals surface area contributed by atoms with Crippen LogP contribution in [0, 0.1) is 0 Å². The first-order valence-electron chi connectivity index (χ1n) is 7.75. The molecule has 0 unspecified atom stereocenters. The van der Waals surface area contributed by atoms with E-state index in [4.69, 9.17) is 5.73 Å². The van der Waals surface area contributed by atoms with Gasteiger partial charge in [0, 0.05) is 50.5 Å². The Labute approximate surface area is 125 Å². The molecule has 1 aromatic rings. The third-order valence-corrected chi connectivity index (χ3v) is 4.57. The number of piperazine rings is 1. The van der Waals surface area contributed by atoms with Gasteiger partial charge in [-0.1, -0.05) is 12.8 Å². The monoisotopic (exact) mass is 289 g/mol. The third kappa shape index (κ3) is 3.32. The Bertz CT molecular complexity index is 478. The molecule has 1 saturated carbocycles. The van der Waals surface area contributed by atoms with Crippen molar-refractivity contribution in [3.8, 4) is 0 Å². The molecule has 1 amide bonds. The number of hydrogen-bond donors (Lipinski definition) is 1. The maximum absolute atomic E-state index is 12.4. The van der Waals surface area contributed by atoms with Crippen LogP contribution in [0.3, 0.4) is 0 Å². The molecule has 2 heterocycles. The molecule has 0 aromatic carbocycles. The Balaban J connectivity index is 1.52. The van der Waals surface area contributed by atoms with Gasteiger partial charge in [-0.3, -0.25) is 4.79 Å². The zero-order valence-electron chi connectivity index (χ0n) is 12.4. The zero-order valence-corrected chi connectivity index (χ0v) is 12.4. The van der Waals surface area contributed by atoms with Gasteiger partial charge in [-0.2, -0.15) is 0 Å². The second-order valence-corrected chi connectivity index (χ2v) is 6.16. The molecule has 1 aliphatic heterocycles. The van der Waals surface area contributed by atoms with Gasteiger partial charge in [0.05, 0.1) is 0 Å². The van der Waals surface area contributed by atoms with E-state index in [1.54, 1.807) is 12.4 Å². The zero-order chi connectivity index (χ0) is 14.7. The smallest absolute Gasteiger partial charge is 0.225 e. The number of carbonyl (C=O) groups excluding carboxylic acids is 1. The molecule has 3 rings (SSSR count). The van der Waals surface area contributed by atoms with E-state index in [1.165, 1.54) is 0 Å². The van der Waals surface area contributed by atoms with Crippen molar-refractivity contribution >= 4 is 11.9 Å². The predicted octanol–water partition coefficient (Wildman–Crippen LogP) is 0.787. The summed E-state index contributed by atoms with van der Waals surface area (Å²) in [5.41, 5.74) is 6.05. The van der Waals surface area contributed by atoms with Crippen LogP contribution in [0.15, 0.2) is 18.5 Å². The molecule has 6 nitrogen and oxygen atoms in total. The van der Waals surface area contributed by atoms with Crippen molar-refractivity contribution in [2.24, 2.45) is 5.73 Å². The summed E-state index contributed by atoms with van der Waals surface area (Å²) >= 11 is 0. The summed E-state index contributed by atoms with van der Waals surface area (Å²) in [5, 5.41) is 0. The topological polar surface area (TPSA) is 75.4 Å². The lowest BCUT2D eigenvalue weighted by molar-refractivity contribution is -0.132. The third-order valence-electron chi connectivity index (χ3n) is 4.57. The molecule has 2 N–H and O–H groups in total. The van der Waals surface area contributed by atoms with E-state index >= 15 is 0 Å². The summed E-state index contributed by atoms with van der Waals surface area (Å²) in [4.78, 5) is 25.0. The van der Waals surface area contributed by atoms with E-state index in [9.17, 15) is 4.79 Å². The van der Waals surface area contributed by atoms with Crippen molar-refractivity contribution in [2.45, 2.75) is 37.6 Å². The molecule has 0 spiro atoms. The number of nitrogens with zero attached hydrogens (tertiary/aromatic N) is 4. The lowest BCUT2D eigenvalue weighted by Crippen LogP contribution is -2.51. The minimum absolute atomic E-state index is 0.202. The molecule has 1 aromatic heterocycles. The Morgan fingerprint density at radius 3 is 2.38 bits per heavy atom. The van der Waals surface area contributed by atoms with E-state index < -0.39 is 0 Å². The second-order valence-electron chi connectivity index (χ2n) is 6.16. The van der Waals surface area contributed by atoms with Gasteiger partial charge in [0.15, 0.2) is 0 Å². The Hall–Kier alpha value is -1.69. The van der Waals surface area contributed by atoms with Gasteiger partial charge < -0.3 is 15.5 Å². The number of anilines is 1. The first-order valence-corrected chi connectivity index (χ1v) is 7.75. The molecule has 6 heteroatoms. The van der Waals surface area contributed by atoms with E-state index in [-0.39, 0.29) is 11.4 Å². The molecule has 1 aliphatic carbocycles. The van der Waals surface area contributed by atoms with Crippen molar-refractivity contribution in [3.05, 3.63) is 18.5 Å². The van der Waals surface area contributed by atoms with Crippen molar-refractivity contribution < 1.29 is 4.79 Å². The van der Waals surface area contributed by atoms with Crippen LogP contribution < -0.4 is 10.6 Å². The number of hydrogen-bond acceptors (Lipinski definition) is 5. The van der Waals surface area contributed by atoms with Crippen molar-refractivity contribution in [3.63, 3.8) is 0 Å². The minimum atomic E-state index is -0.253. The minimum Gasteiger partial charge on any atom is -0.339 e. The highest BCUT2D eigenvalue weighted by Crippen LogP contribution is 2.30. The van der Waals surface area contributed by atoms with Gasteiger partial charge in [0.1, 0.15) is 0 Å². The summed E-state index contributed by atoms with van der Waals surface area (Å²) in [6.45, 7) is 3.03. The molecule has 114 valence electrons. The maximum Gasteiger partial charge on any atom is 0.225 e. The largest absolute Gasteiger partial charge is 0.339 e. The molecule has 21 heavy (non-hydrogen) atoms.